The molecule has 2 rings (SSSR count). The quantitative estimate of drug-likeness (QED) is 0.860. The normalized spacial score (nSPS) is 13.2. The van der Waals surface area contributed by atoms with Gasteiger partial charge >= 0.3 is 6.18 Å². The summed E-state index contributed by atoms with van der Waals surface area (Å²) in [6.07, 6.45) is -2.92. The van der Waals surface area contributed by atoms with Gasteiger partial charge < -0.3 is 5.32 Å². The van der Waals surface area contributed by atoms with Crippen LogP contribution in [0.25, 0.3) is 0 Å². The average molecular weight is 298 g/mol. The molecule has 1 atom stereocenters. The SMILES string of the molecule is CC(NCc1cc(F)cc(C(F)(F)F)c1)c1ccccn1. The predicted octanol–water partition coefficient (Wildman–Crippen LogP) is 4.09. The van der Waals surface area contributed by atoms with Crippen molar-refractivity contribution in [2.45, 2.75) is 25.7 Å². The van der Waals surface area contributed by atoms with Gasteiger partial charge in [-0.3, -0.25) is 4.98 Å². The Morgan fingerprint density at radius 1 is 1.19 bits per heavy atom. The van der Waals surface area contributed by atoms with E-state index in [1.165, 1.54) is 0 Å². The maximum Gasteiger partial charge on any atom is 0.416 e. The van der Waals surface area contributed by atoms with Crippen LogP contribution in [0.4, 0.5) is 17.6 Å². The third kappa shape index (κ3) is 4.26. The number of hydrogen-bond acceptors (Lipinski definition) is 2. The summed E-state index contributed by atoms with van der Waals surface area (Å²) in [5.74, 6) is -0.896. The van der Waals surface area contributed by atoms with E-state index in [9.17, 15) is 17.6 Å². The van der Waals surface area contributed by atoms with Crippen molar-refractivity contribution < 1.29 is 17.6 Å². The Balaban J connectivity index is 2.08. The molecule has 2 nitrogen and oxygen atoms in total. The summed E-state index contributed by atoms with van der Waals surface area (Å²) in [6.45, 7) is 1.96. The maximum absolute atomic E-state index is 13.3. The summed E-state index contributed by atoms with van der Waals surface area (Å²) in [5.41, 5.74) is 0.0276. The summed E-state index contributed by atoms with van der Waals surface area (Å²) in [6, 6.07) is 7.79. The molecule has 6 heteroatoms. The van der Waals surface area contributed by atoms with Crippen LogP contribution in [0.15, 0.2) is 42.6 Å². The fraction of sp³-hybridized carbons (Fsp3) is 0.267. The predicted molar refractivity (Wildman–Crippen MR) is 70.9 cm³/mol. The molecule has 21 heavy (non-hydrogen) atoms. The van der Waals surface area contributed by atoms with Crippen molar-refractivity contribution in [3.63, 3.8) is 0 Å². The van der Waals surface area contributed by atoms with Crippen molar-refractivity contribution in [2.24, 2.45) is 0 Å². The van der Waals surface area contributed by atoms with E-state index < -0.39 is 17.6 Å². The summed E-state index contributed by atoms with van der Waals surface area (Å²) < 4.78 is 51.1. The Labute approximate surface area is 119 Å². The fourth-order valence-corrected chi connectivity index (χ4v) is 1.92. The van der Waals surface area contributed by atoms with Gasteiger partial charge in [-0.2, -0.15) is 13.2 Å². The molecule has 1 unspecified atom stereocenters. The third-order valence-corrected chi connectivity index (χ3v) is 3.03. The van der Waals surface area contributed by atoms with Crippen molar-refractivity contribution in [1.82, 2.24) is 10.3 Å². The van der Waals surface area contributed by atoms with Crippen molar-refractivity contribution >= 4 is 0 Å². The van der Waals surface area contributed by atoms with Crippen LogP contribution in [-0.4, -0.2) is 4.98 Å². The smallest absolute Gasteiger partial charge is 0.305 e. The molecule has 0 saturated carbocycles. The van der Waals surface area contributed by atoms with E-state index in [4.69, 9.17) is 0 Å². The highest BCUT2D eigenvalue weighted by atomic mass is 19.4. The molecular formula is C15H14F4N2. The second kappa shape index (κ2) is 6.22. The van der Waals surface area contributed by atoms with Gasteiger partial charge in [0.15, 0.2) is 0 Å². The molecule has 0 aliphatic rings. The first-order valence-corrected chi connectivity index (χ1v) is 6.37. The number of benzene rings is 1. The number of alkyl halides is 3. The minimum Gasteiger partial charge on any atom is -0.305 e. The van der Waals surface area contributed by atoms with Gasteiger partial charge in [0.05, 0.1) is 11.3 Å². The largest absolute Gasteiger partial charge is 0.416 e. The number of hydrogen-bond donors (Lipinski definition) is 1. The molecule has 1 N–H and O–H groups in total. The molecule has 0 fully saturated rings. The van der Waals surface area contributed by atoms with Gasteiger partial charge in [0.1, 0.15) is 5.82 Å². The number of pyridine rings is 1. The number of nitrogens with one attached hydrogen (secondary N) is 1. The Hall–Kier alpha value is -1.95. The van der Waals surface area contributed by atoms with E-state index in [0.717, 1.165) is 17.8 Å². The van der Waals surface area contributed by atoms with Crippen LogP contribution < -0.4 is 5.32 Å². The Bertz CT molecular complexity index is 596. The van der Waals surface area contributed by atoms with Crippen LogP contribution in [0.3, 0.4) is 0 Å². The standard InChI is InChI=1S/C15H14F4N2/c1-10(14-4-2-3-5-20-14)21-9-11-6-12(15(17,18)19)8-13(16)7-11/h2-8,10,21H,9H2,1H3. The maximum atomic E-state index is 13.3. The van der Waals surface area contributed by atoms with Crippen LogP contribution in [0.5, 0.6) is 0 Å². The highest BCUT2D eigenvalue weighted by Gasteiger charge is 2.31. The van der Waals surface area contributed by atoms with E-state index >= 15 is 0 Å². The summed E-state index contributed by atoms with van der Waals surface area (Å²) in [7, 11) is 0. The van der Waals surface area contributed by atoms with Crippen LogP contribution >= 0.6 is 0 Å². The van der Waals surface area contributed by atoms with Gasteiger partial charge in [0.25, 0.3) is 0 Å². The number of aromatic nitrogens is 1. The first-order valence-electron chi connectivity index (χ1n) is 6.37. The molecule has 2 aromatic rings. The van der Waals surface area contributed by atoms with Gasteiger partial charge in [-0.25, -0.2) is 4.39 Å². The lowest BCUT2D eigenvalue weighted by Gasteiger charge is -2.14. The van der Waals surface area contributed by atoms with Gasteiger partial charge in [0, 0.05) is 18.8 Å². The van der Waals surface area contributed by atoms with Crippen LogP contribution in [-0.2, 0) is 12.7 Å². The average Bonchev–Trinajstić information content (AvgIpc) is 2.44. The molecule has 0 radical (unpaired) electrons. The molecule has 0 saturated heterocycles. The Kier molecular flexibility index (Phi) is 4.57. The van der Waals surface area contributed by atoms with Gasteiger partial charge in [-0.1, -0.05) is 6.07 Å². The second-order valence-corrected chi connectivity index (χ2v) is 4.70. The van der Waals surface area contributed by atoms with E-state index in [1.54, 1.807) is 12.3 Å². The van der Waals surface area contributed by atoms with Crippen molar-refractivity contribution in [3.8, 4) is 0 Å². The minimum atomic E-state index is -4.55. The topological polar surface area (TPSA) is 24.9 Å². The van der Waals surface area contributed by atoms with E-state index in [-0.39, 0.29) is 18.2 Å². The van der Waals surface area contributed by atoms with E-state index in [1.807, 2.05) is 19.1 Å². The Morgan fingerprint density at radius 3 is 2.57 bits per heavy atom. The van der Waals surface area contributed by atoms with E-state index in [0.29, 0.717) is 6.07 Å². The summed E-state index contributed by atoms with van der Waals surface area (Å²) in [4.78, 5) is 4.15. The van der Waals surface area contributed by atoms with Crippen molar-refractivity contribution in [3.05, 3.63) is 65.2 Å². The Morgan fingerprint density at radius 2 is 1.95 bits per heavy atom. The van der Waals surface area contributed by atoms with Crippen molar-refractivity contribution in [2.75, 3.05) is 0 Å². The van der Waals surface area contributed by atoms with Crippen LogP contribution in [0.2, 0.25) is 0 Å². The van der Waals surface area contributed by atoms with Gasteiger partial charge in [-0.15, -0.1) is 0 Å². The number of nitrogens with zero attached hydrogens (tertiary/aromatic N) is 1. The highest BCUT2D eigenvalue weighted by molar-refractivity contribution is 5.27. The van der Waals surface area contributed by atoms with Crippen molar-refractivity contribution in [1.29, 1.82) is 0 Å². The lowest BCUT2D eigenvalue weighted by Crippen LogP contribution is -2.19. The molecule has 1 aromatic carbocycles. The summed E-state index contributed by atoms with van der Waals surface area (Å²) in [5, 5.41) is 3.02. The summed E-state index contributed by atoms with van der Waals surface area (Å²) >= 11 is 0. The lowest BCUT2D eigenvalue weighted by atomic mass is 10.1. The number of halogens is 4. The third-order valence-electron chi connectivity index (χ3n) is 3.03. The first-order chi connectivity index (χ1) is 9.86. The fourth-order valence-electron chi connectivity index (χ4n) is 1.92. The first kappa shape index (κ1) is 15.4. The minimum absolute atomic E-state index is 0.124. The van der Waals surface area contributed by atoms with Gasteiger partial charge in [0.2, 0.25) is 0 Å². The number of rotatable bonds is 4. The zero-order valence-electron chi connectivity index (χ0n) is 11.3. The molecule has 112 valence electrons. The molecule has 0 bridgehead atoms. The van der Waals surface area contributed by atoms with E-state index in [2.05, 4.69) is 10.3 Å². The van der Waals surface area contributed by atoms with Crippen LogP contribution in [0.1, 0.15) is 29.8 Å². The monoisotopic (exact) mass is 298 g/mol. The van der Waals surface area contributed by atoms with Crippen LogP contribution in [0, 0.1) is 5.82 Å². The molecule has 0 amide bonds. The molecule has 1 heterocycles. The molecular weight excluding hydrogens is 284 g/mol. The molecule has 0 aliphatic heterocycles. The van der Waals surface area contributed by atoms with Gasteiger partial charge in [-0.05, 0) is 42.8 Å². The zero-order valence-corrected chi connectivity index (χ0v) is 11.3. The lowest BCUT2D eigenvalue weighted by molar-refractivity contribution is -0.137. The zero-order chi connectivity index (χ0) is 15.5. The molecule has 0 aliphatic carbocycles. The molecule has 0 spiro atoms. The highest BCUT2D eigenvalue weighted by Crippen LogP contribution is 2.30. The molecule has 1 aromatic heterocycles. The second-order valence-electron chi connectivity index (χ2n) is 4.70.